The van der Waals surface area contributed by atoms with Gasteiger partial charge in [0.05, 0.1) is 23.9 Å². The highest BCUT2D eigenvalue weighted by Gasteiger charge is 2.37. The highest BCUT2D eigenvalue weighted by atomic mass is 32.1. The van der Waals surface area contributed by atoms with E-state index in [1.54, 1.807) is 54.6 Å². The van der Waals surface area contributed by atoms with Crippen LogP contribution in [0.2, 0.25) is 0 Å². The van der Waals surface area contributed by atoms with Gasteiger partial charge in [-0.2, -0.15) is 0 Å². The molecular formula is C26H23N3O4S. The van der Waals surface area contributed by atoms with Gasteiger partial charge in [0.1, 0.15) is 5.75 Å². The van der Waals surface area contributed by atoms with Gasteiger partial charge in [0.2, 0.25) is 0 Å². The summed E-state index contributed by atoms with van der Waals surface area (Å²) in [7, 11) is 1.45. The van der Waals surface area contributed by atoms with Crippen molar-refractivity contribution in [3.63, 3.8) is 0 Å². The van der Waals surface area contributed by atoms with E-state index in [9.17, 15) is 14.4 Å². The Morgan fingerprint density at radius 1 is 0.941 bits per heavy atom. The number of nitrogens with zero attached hydrogens (tertiary/aromatic N) is 1. The monoisotopic (exact) mass is 473 g/mol. The molecule has 8 heteroatoms. The average Bonchev–Trinajstić information content (AvgIpc) is 3.09. The Hall–Kier alpha value is -4.04. The first-order valence-corrected chi connectivity index (χ1v) is 11.1. The lowest BCUT2D eigenvalue weighted by Crippen LogP contribution is -2.34. The zero-order chi connectivity index (χ0) is 24.4. The largest absolute Gasteiger partial charge is 0.494 e. The summed E-state index contributed by atoms with van der Waals surface area (Å²) in [6, 6.07) is 18.9. The quantitative estimate of drug-likeness (QED) is 0.411. The number of fused-ring (bicyclic) bond motifs is 1. The maximum atomic E-state index is 12.8. The maximum absolute atomic E-state index is 12.8. The molecule has 0 saturated carbocycles. The van der Waals surface area contributed by atoms with Crippen LogP contribution in [-0.2, 0) is 0 Å². The molecule has 4 rings (SSSR count). The third-order valence-corrected chi connectivity index (χ3v) is 5.74. The van der Waals surface area contributed by atoms with Crippen molar-refractivity contribution in [2.75, 3.05) is 17.3 Å². The molecule has 1 aliphatic rings. The molecule has 2 N–H and O–H groups in total. The van der Waals surface area contributed by atoms with Crippen molar-refractivity contribution >= 4 is 46.4 Å². The molecule has 0 aliphatic carbocycles. The van der Waals surface area contributed by atoms with Crippen LogP contribution in [0.15, 0.2) is 66.7 Å². The Morgan fingerprint density at radius 3 is 2.12 bits per heavy atom. The maximum Gasteiger partial charge on any atom is 0.266 e. The molecule has 3 aromatic carbocycles. The summed E-state index contributed by atoms with van der Waals surface area (Å²) in [6.45, 7) is 4.17. The van der Waals surface area contributed by atoms with Crippen LogP contribution in [0.25, 0.3) is 0 Å². The smallest absolute Gasteiger partial charge is 0.266 e. The van der Waals surface area contributed by atoms with Gasteiger partial charge in [0.25, 0.3) is 17.7 Å². The van der Waals surface area contributed by atoms with E-state index in [0.29, 0.717) is 39.7 Å². The molecule has 34 heavy (non-hydrogen) atoms. The van der Waals surface area contributed by atoms with E-state index in [-0.39, 0.29) is 11.0 Å². The van der Waals surface area contributed by atoms with Crippen molar-refractivity contribution in [1.82, 2.24) is 5.32 Å². The van der Waals surface area contributed by atoms with Crippen molar-refractivity contribution < 1.29 is 19.1 Å². The van der Waals surface area contributed by atoms with Crippen LogP contribution in [0.5, 0.6) is 5.75 Å². The van der Waals surface area contributed by atoms with Crippen molar-refractivity contribution in [3.8, 4) is 5.75 Å². The number of ether oxygens (including phenoxy) is 1. The molecular weight excluding hydrogens is 450 g/mol. The summed E-state index contributed by atoms with van der Waals surface area (Å²) in [5.41, 5.74) is 3.18. The van der Waals surface area contributed by atoms with E-state index in [2.05, 4.69) is 24.5 Å². The topological polar surface area (TPSA) is 87.7 Å². The molecule has 3 aromatic rings. The molecule has 0 atom stereocenters. The number of anilines is 2. The lowest BCUT2D eigenvalue weighted by atomic mass is 10.0. The van der Waals surface area contributed by atoms with Gasteiger partial charge in [-0.05, 0) is 60.1 Å². The third-order valence-electron chi connectivity index (χ3n) is 5.54. The molecule has 7 nitrogen and oxygen atoms in total. The molecule has 0 radical (unpaired) electrons. The summed E-state index contributed by atoms with van der Waals surface area (Å²) < 4.78 is 5.44. The van der Waals surface area contributed by atoms with E-state index in [1.807, 2.05) is 12.1 Å². The zero-order valence-corrected chi connectivity index (χ0v) is 19.7. The predicted molar refractivity (Wildman–Crippen MR) is 135 cm³/mol. The van der Waals surface area contributed by atoms with Gasteiger partial charge >= 0.3 is 0 Å². The van der Waals surface area contributed by atoms with Crippen molar-refractivity contribution in [3.05, 3.63) is 89.0 Å². The lowest BCUT2D eigenvalue weighted by molar-refractivity contribution is 0.0922. The fourth-order valence-electron chi connectivity index (χ4n) is 3.71. The first-order chi connectivity index (χ1) is 16.3. The number of benzene rings is 3. The molecule has 0 spiro atoms. The van der Waals surface area contributed by atoms with E-state index >= 15 is 0 Å². The summed E-state index contributed by atoms with van der Waals surface area (Å²) in [5.74, 6) is -0.477. The second kappa shape index (κ2) is 9.44. The van der Waals surface area contributed by atoms with Gasteiger partial charge in [-0.3, -0.25) is 19.7 Å². The molecule has 0 bridgehead atoms. The van der Waals surface area contributed by atoms with Crippen molar-refractivity contribution in [2.24, 2.45) is 0 Å². The zero-order valence-electron chi connectivity index (χ0n) is 18.9. The molecule has 0 saturated heterocycles. The van der Waals surface area contributed by atoms with Crippen LogP contribution in [-0.4, -0.2) is 29.9 Å². The van der Waals surface area contributed by atoms with Crippen LogP contribution in [0.4, 0.5) is 11.4 Å². The van der Waals surface area contributed by atoms with Gasteiger partial charge in [-0.1, -0.05) is 38.1 Å². The molecule has 1 heterocycles. The van der Waals surface area contributed by atoms with Crippen LogP contribution in [0.1, 0.15) is 56.4 Å². The van der Waals surface area contributed by atoms with Gasteiger partial charge in [-0.25, -0.2) is 4.90 Å². The SMILES string of the molecule is COc1cc(NC(=S)NC(=O)c2ccc(C(C)C)cc2)ccc1N1C(=O)c2ccccc2C1=O. The fraction of sp³-hybridized carbons (Fsp3) is 0.154. The number of imide groups is 1. The predicted octanol–water partition coefficient (Wildman–Crippen LogP) is 4.75. The second-order valence-electron chi connectivity index (χ2n) is 8.06. The number of hydrogen-bond acceptors (Lipinski definition) is 5. The minimum absolute atomic E-state index is 0.105. The number of carbonyl (C=O) groups is 3. The van der Waals surface area contributed by atoms with E-state index in [4.69, 9.17) is 17.0 Å². The highest BCUT2D eigenvalue weighted by Crippen LogP contribution is 2.36. The van der Waals surface area contributed by atoms with Gasteiger partial charge in [0.15, 0.2) is 5.11 Å². The molecule has 172 valence electrons. The Balaban J connectivity index is 1.48. The molecule has 0 aromatic heterocycles. The highest BCUT2D eigenvalue weighted by molar-refractivity contribution is 7.80. The van der Waals surface area contributed by atoms with Gasteiger partial charge in [-0.15, -0.1) is 0 Å². The summed E-state index contributed by atoms with van der Waals surface area (Å²) in [4.78, 5) is 39.2. The van der Waals surface area contributed by atoms with Gasteiger partial charge < -0.3 is 10.1 Å². The molecule has 0 fully saturated rings. The van der Waals surface area contributed by atoms with Crippen LogP contribution >= 0.6 is 12.2 Å². The third kappa shape index (κ3) is 4.40. The number of hydrogen-bond donors (Lipinski definition) is 2. The van der Waals surface area contributed by atoms with E-state index in [0.717, 1.165) is 10.5 Å². The van der Waals surface area contributed by atoms with Crippen LogP contribution < -0.4 is 20.3 Å². The van der Waals surface area contributed by atoms with Gasteiger partial charge in [0, 0.05) is 17.3 Å². The number of carbonyl (C=O) groups excluding carboxylic acids is 3. The fourth-order valence-corrected chi connectivity index (χ4v) is 3.92. The first-order valence-electron chi connectivity index (χ1n) is 10.7. The average molecular weight is 474 g/mol. The minimum atomic E-state index is -0.411. The summed E-state index contributed by atoms with van der Waals surface area (Å²) >= 11 is 5.28. The molecule has 3 amide bonds. The lowest BCUT2D eigenvalue weighted by Gasteiger charge is -2.19. The number of rotatable bonds is 5. The summed E-state index contributed by atoms with van der Waals surface area (Å²) in [5, 5.41) is 5.69. The van der Waals surface area contributed by atoms with Crippen LogP contribution in [0, 0.1) is 0 Å². The standard InChI is InChI=1S/C26H23N3O4S/c1-15(2)16-8-10-17(11-9-16)23(30)28-26(34)27-18-12-13-21(22(14-18)33-3)29-24(31)19-6-4-5-7-20(19)25(29)32/h4-15H,1-3H3,(H2,27,28,30,34). The molecule has 1 aliphatic heterocycles. The normalized spacial score (nSPS) is 12.5. The van der Waals surface area contributed by atoms with E-state index in [1.165, 1.54) is 7.11 Å². The Kier molecular flexibility index (Phi) is 6.43. The van der Waals surface area contributed by atoms with Crippen LogP contribution in [0.3, 0.4) is 0 Å². The Bertz CT molecular complexity index is 1270. The Labute approximate surface area is 202 Å². The first kappa shape index (κ1) is 23.1. The molecule has 0 unspecified atom stereocenters. The minimum Gasteiger partial charge on any atom is -0.494 e. The summed E-state index contributed by atoms with van der Waals surface area (Å²) in [6.07, 6.45) is 0. The van der Waals surface area contributed by atoms with E-state index < -0.39 is 11.8 Å². The second-order valence-corrected chi connectivity index (χ2v) is 8.47. The van der Waals surface area contributed by atoms with Crippen molar-refractivity contribution in [2.45, 2.75) is 19.8 Å². The number of nitrogens with one attached hydrogen (secondary N) is 2. The number of thiocarbonyl (C=S) groups is 1. The number of methoxy groups -OCH3 is 1. The number of amides is 3. The Morgan fingerprint density at radius 2 is 1.56 bits per heavy atom. The van der Waals surface area contributed by atoms with Crippen molar-refractivity contribution in [1.29, 1.82) is 0 Å².